The van der Waals surface area contributed by atoms with Gasteiger partial charge in [0, 0.05) is 60.8 Å². The van der Waals surface area contributed by atoms with Gasteiger partial charge in [0.25, 0.3) is 0 Å². The van der Waals surface area contributed by atoms with E-state index in [0.717, 1.165) is 55.7 Å². The van der Waals surface area contributed by atoms with Crippen LogP contribution in [-0.4, -0.2) is 9.13 Å². The van der Waals surface area contributed by atoms with E-state index in [1.807, 2.05) is 6.07 Å². The summed E-state index contributed by atoms with van der Waals surface area (Å²) in [4.78, 5) is 2.37. The monoisotopic (exact) mass is 769 g/mol. The van der Waals surface area contributed by atoms with Crippen molar-refractivity contribution in [3.05, 3.63) is 211 Å². The minimum absolute atomic E-state index is 0.901. The van der Waals surface area contributed by atoms with Crippen LogP contribution in [0.5, 0.6) is 0 Å². The average molecular weight is 770 g/mol. The first kappa shape index (κ1) is 34.2. The number of benzene rings is 9. The van der Waals surface area contributed by atoms with E-state index in [4.69, 9.17) is 4.42 Å². The molecule has 0 aliphatic rings. The van der Waals surface area contributed by atoms with E-state index >= 15 is 0 Å². The fraction of sp³-hybridized carbons (Fsp3) is 0.0357. The summed E-state index contributed by atoms with van der Waals surface area (Å²) < 4.78 is 11.4. The molecule has 0 bridgehead atoms. The molecule has 0 atom stereocenters. The van der Waals surface area contributed by atoms with Gasteiger partial charge < -0.3 is 18.5 Å². The summed E-state index contributed by atoms with van der Waals surface area (Å²) in [6, 6.07) is 72.4. The molecule has 12 rings (SSSR count). The number of hydrogen-bond donors (Lipinski definition) is 0. The highest BCUT2D eigenvalue weighted by atomic mass is 16.3. The van der Waals surface area contributed by atoms with Crippen LogP contribution in [0, 0.1) is 13.8 Å². The number of aromatic nitrogens is 2. The molecule has 3 heterocycles. The van der Waals surface area contributed by atoms with Gasteiger partial charge in [-0.15, -0.1) is 0 Å². The van der Waals surface area contributed by atoms with Crippen molar-refractivity contribution in [2.75, 3.05) is 4.90 Å². The van der Waals surface area contributed by atoms with Crippen molar-refractivity contribution < 1.29 is 4.42 Å². The van der Waals surface area contributed by atoms with Crippen LogP contribution in [0.2, 0.25) is 0 Å². The van der Waals surface area contributed by atoms with Crippen LogP contribution in [0.25, 0.3) is 88.1 Å². The SMILES string of the molecule is Cc1cc(C)cc(N(c2ccc(-c3ccc4c(c3)c3ccccc3n4-c3ccccc3)cc2)c2ccc(-n3c4ccccc4c4ccc5c6ccccc6oc5c43)cc2)c1. The lowest BCUT2D eigenvalue weighted by atomic mass is 10.0. The summed E-state index contributed by atoms with van der Waals surface area (Å²) in [6.07, 6.45) is 0. The number of para-hydroxylation sites is 4. The van der Waals surface area contributed by atoms with Crippen molar-refractivity contribution in [2.24, 2.45) is 0 Å². The van der Waals surface area contributed by atoms with Crippen molar-refractivity contribution in [3.8, 4) is 22.5 Å². The number of furan rings is 1. The second-order valence-corrected chi connectivity index (χ2v) is 16.0. The summed E-state index contributed by atoms with van der Waals surface area (Å²) in [5.41, 5.74) is 16.8. The highest BCUT2D eigenvalue weighted by Gasteiger charge is 2.20. The molecule has 9 aromatic carbocycles. The molecule has 0 saturated heterocycles. The van der Waals surface area contributed by atoms with E-state index in [2.05, 4.69) is 222 Å². The highest BCUT2D eigenvalue weighted by molar-refractivity contribution is 6.21. The summed E-state index contributed by atoms with van der Waals surface area (Å²) in [7, 11) is 0. The van der Waals surface area contributed by atoms with Gasteiger partial charge in [-0.2, -0.15) is 0 Å². The first-order valence-corrected chi connectivity index (χ1v) is 20.6. The first-order chi connectivity index (χ1) is 29.6. The van der Waals surface area contributed by atoms with E-state index in [0.29, 0.717) is 0 Å². The molecule has 4 nitrogen and oxygen atoms in total. The van der Waals surface area contributed by atoms with Gasteiger partial charge in [0.05, 0.1) is 22.1 Å². The summed E-state index contributed by atoms with van der Waals surface area (Å²) >= 11 is 0. The van der Waals surface area contributed by atoms with Crippen molar-refractivity contribution in [3.63, 3.8) is 0 Å². The summed E-state index contributed by atoms with van der Waals surface area (Å²) in [6.45, 7) is 4.35. The standard InChI is InChI=1S/C56H39N3O/c1-36-32-37(2)34-44(33-36)57(41-23-20-38(21-24-41)39-22-31-53-50(35-39)46-15-7-9-17-51(46)58(53)40-12-4-3-5-13-40)42-25-27-43(28-26-42)59-52-18-10-6-14-45(52)48-29-30-49-47-16-8-11-19-54(47)60-56(49)55(48)59/h3-35H,1-2H3. The molecule has 0 unspecified atom stereocenters. The van der Waals surface area contributed by atoms with Gasteiger partial charge in [0.15, 0.2) is 5.58 Å². The van der Waals surface area contributed by atoms with E-state index in [1.165, 1.54) is 60.5 Å². The molecule has 0 spiro atoms. The molecule has 0 amide bonds. The van der Waals surface area contributed by atoms with Crippen LogP contribution in [0.3, 0.4) is 0 Å². The number of nitrogens with zero attached hydrogens (tertiary/aromatic N) is 3. The molecule has 0 saturated carbocycles. The molecule has 3 aromatic heterocycles. The summed E-state index contributed by atoms with van der Waals surface area (Å²) in [5.74, 6) is 0. The number of fused-ring (bicyclic) bond motifs is 10. The first-order valence-electron chi connectivity index (χ1n) is 20.6. The van der Waals surface area contributed by atoms with Crippen LogP contribution in [0.15, 0.2) is 205 Å². The molecule has 4 heteroatoms. The normalized spacial score (nSPS) is 11.8. The van der Waals surface area contributed by atoms with E-state index in [1.54, 1.807) is 0 Å². The maximum Gasteiger partial charge on any atom is 0.160 e. The van der Waals surface area contributed by atoms with Gasteiger partial charge in [-0.3, -0.25) is 0 Å². The minimum Gasteiger partial charge on any atom is -0.454 e. The van der Waals surface area contributed by atoms with Gasteiger partial charge in [0.2, 0.25) is 0 Å². The maximum absolute atomic E-state index is 6.63. The second-order valence-electron chi connectivity index (χ2n) is 16.0. The van der Waals surface area contributed by atoms with Crippen LogP contribution < -0.4 is 4.90 Å². The van der Waals surface area contributed by atoms with Gasteiger partial charge in [-0.05, 0) is 133 Å². The quantitative estimate of drug-likeness (QED) is 0.168. The third-order valence-corrected chi connectivity index (χ3v) is 12.2. The molecule has 0 fully saturated rings. The fourth-order valence-corrected chi connectivity index (χ4v) is 9.59. The fourth-order valence-electron chi connectivity index (χ4n) is 9.59. The van der Waals surface area contributed by atoms with Crippen LogP contribution in [0.4, 0.5) is 17.1 Å². The Kier molecular flexibility index (Phi) is 7.63. The molecule has 0 N–H and O–H groups in total. The van der Waals surface area contributed by atoms with Crippen LogP contribution in [-0.2, 0) is 0 Å². The number of anilines is 3. The Bertz CT molecular complexity index is 3590. The highest BCUT2D eigenvalue weighted by Crippen LogP contribution is 2.42. The molecular weight excluding hydrogens is 731 g/mol. The van der Waals surface area contributed by atoms with Gasteiger partial charge in [-0.1, -0.05) is 103 Å². The Balaban J connectivity index is 0.967. The largest absolute Gasteiger partial charge is 0.454 e. The van der Waals surface area contributed by atoms with E-state index < -0.39 is 0 Å². The van der Waals surface area contributed by atoms with Gasteiger partial charge >= 0.3 is 0 Å². The molecular formula is C56H39N3O. The number of aryl methyl sites for hydroxylation is 2. The topological polar surface area (TPSA) is 26.2 Å². The third kappa shape index (κ3) is 5.31. The van der Waals surface area contributed by atoms with Crippen molar-refractivity contribution in [2.45, 2.75) is 13.8 Å². The smallest absolute Gasteiger partial charge is 0.160 e. The number of rotatable bonds is 6. The Labute approximate surface area is 347 Å². The van der Waals surface area contributed by atoms with Crippen LogP contribution in [0.1, 0.15) is 11.1 Å². The Morgan fingerprint density at radius 1 is 0.367 bits per heavy atom. The van der Waals surface area contributed by atoms with Gasteiger partial charge in [0.1, 0.15) is 5.58 Å². The molecule has 284 valence electrons. The molecule has 0 aliphatic heterocycles. The zero-order valence-corrected chi connectivity index (χ0v) is 33.3. The number of hydrogen-bond acceptors (Lipinski definition) is 2. The zero-order chi connectivity index (χ0) is 39.9. The Hall–Kier alpha value is -7.82. The second kappa shape index (κ2) is 13.4. The lowest BCUT2D eigenvalue weighted by molar-refractivity contribution is 0.671. The lowest BCUT2D eigenvalue weighted by Crippen LogP contribution is -2.10. The van der Waals surface area contributed by atoms with Crippen molar-refractivity contribution in [1.82, 2.24) is 9.13 Å². The zero-order valence-electron chi connectivity index (χ0n) is 33.3. The van der Waals surface area contributed by atoms with E-state index in [-0.39, 0.29) is 0 Å². The van der Waals surface area contributed by atoms with Crippen molar-refractivity contribution >= 4 is 82.6 Å². The minimum atomic E-state index is 0.901. The Morgan fingerprint density at radius 3 is 1.65 bits per heavy atom. The predicted molar refractivity (Wildman–Crippen MR) is 252 cm³/mol. The van der Waals surface area contributed by atoms with Gasteiger partial charge in [-0.25, -0.2) is 0 Å². The molecule has 0 aliphatic carbocycles. The van der Waals surface area contributed by atoms with E-state index in [9.17, 15) is 0 Å². The molecule has 0 radical (unpaired) electrons. The van der Waals surface area contributed by atoms with Crippen molar-refractivity contribution in [1.29, 1.82) is 0 Å². The van der Waals surface area contributed by atoms with Crippen LogP contribution >= 0.6 is 0 Å². The third-order valence-electron chi connectivity index (χ3n) is 12.2. The summed E-state index contributed by atoms with van der Waals surface area (Å²) in [5, 5.41) is 7.14. The lowest BCUT2D eigenvalue weighted by Gasteiger charge is -2.27. The molecule has 60 heavy (non-hydrogen) atoms. The Morgan fingerprint density at radius 2 is 0.917 bits per heavy atom. The molecule has 12 aromatic rings. The predicted octanol–water partition coefficient (Wildman–Crippen LogP) is 15.5. The average Bonchev–Trinajstić information content (AvgIpc) is 3.95. The maximum atomic E-state index is 6.63.